The molecule has 1 heterocycles. The van der Waals surface area contributed by atoms with E-state index in [1.807, 2.05) is 25.1 Å². The van der Waals surface area contributed by atoms with Crippen molar-refractivity contribution in [3.05, 3.63) is 83.1 Å². The number of hydrogen-bond acceptors (Lipinski definition) is 6. The topological polar surface area (TPSA) is 69.9 Å². The molecule has 4 rings (SSSR count). The molecule has 3 aromatic carbocycles. The number of anilines is 1. The van der Waals surface area contributed by atoms with E-state index in [-0.39, 0.29) is 12.4 Å². The Morgan fingerprint density at radius 2 is 1.81 bits per heavy atom. The summed E-state index contributed by atoms with van der Waals surface area (Å²) in [6, 6.07) is 18.7. The summed E-state index contributed by atoms with van der Waals surface area (Å²) >= 11 is 0. The molecule has 1 aromatic heterocycles. The van der Waals surface area contributed by atoms with Gasteiger partial charge in [-0.15, -0.1) is 0 Å². The molecule has 0 radical (unpaired) electrons. The molecule has 6 nitrogen and oxygen atoms in total. The Morgan fingerprint density at radius 1 is 1.00 bits per heavy atom. The summed E-state index contributed by atoms with van der Waals surface area (Å²) in [5.74, 6) is 0.586. The van der Waals surface area contributed by atoms with Crippen LogP contribution in [0.4, 0.5) is 5.69 Å². The van der Waals surface area contributed by atoms with E-state index < -0.39 is 0 Å². The Bertz CT molecular complexity index is 1320. The maximum Gasteiger partial charge on any atom is 0.310 e. The van der Waals surface area contributed by atoms with Crippen molar-refractivity contribution in [3.63, 3.8) is 0 Å². The number of rotatable bonds is 11. The van der Waals surface area contributed by atoms with Gasteiger partial charge in [-0.3, -0.25) is 4.79 Å². The Hall–Kier alpha value is -3.77. The number of carbonyl (C=O) groups is 1. The molecule has 0 saturated carbocycles. The van der Waals surface area contributed by atoms with E-state index in [4.69, 9.17) is 18.6 Å². The van der Waals surface area contributed by atoms with Crippen molar-refractivity contribution >= 4 is 22.6 Å². The minimum Gasteiger partial charge on any atom is -0.491 e. The Balaban J connectivity index is 1.45. The van der Waals surface area contributed by atoms with Crippen LogP contribution in [-0.4, -0.2) is 32.9 Å². The number of benzene rings is 3. The fourth-order valence-corrected chi connectivity index (χ4v) is 4.42. The fraction of sp³-hybridized carbons (Fsp3) is 0.300. The zero-order valence-electron chi connectivity index (χ0n) is 21.4. The number of aryl methyl sites for hydroxylation is 2. The first-order chi connectivity index (χ1) is 17.5. The van der Waals surface area contributed by atoms with Crippen LogP contribution in [0, 0.1) is 13.8 Å². The molecule has 6 heteroatoms. The highest BCUT2D eigenvalue weighted by Gasteiger charge is 2.12. The van der Waals surface area contributed by atoms with Crippen molar-refractivity contribution in [2.75, 3.05) is 32.2 Å². The lowest BCUT2D eigenvalue weighted by Crippen LogP contribution is -2.06. The van der Waals surface area contributed by atoms with Crippen molar-refractivity contribution in [2.24, 2.45) is 0 Å². The molecule has 0 atom stereocenters. The van der Waals surface area contributed by atoms with Crippen molar-refractivity contribution in [3.8, 4) is 16.9 Å². The second kappa shape index (κ2) is 11.8. The quantitative estimate of drug-likeness (QED) is 0.193. The van der Waals surface area contributed by atoms with Gasteiger partial charge in [-0.2, -0.15) is 0 Å². The average Bonchev–Trinajstić information content (AvgIpc) is 3.27. The first kappa shape index (κ1) is 25.3. The Labute approximate surface area is 212 Å². The number of hydrogen-bond donors (Lipinski definition) is 1. The first-order valence-electron chi connectivity index (χ1n) is 12.2. The lowest BCUT2D eigenvalue weighted by atomic mass is 9.94. The summed E-state index contributed by atoms with van der Waals surface area (Å²) < 4.78 is 21.7. The van der Waals surface area contributed by atoms with Crippen LogP contribution in [0.25, 0.3) is 22.1 Å². The number of ether oxygens (including phenoxy) is 3. The number of furan rings is 1. The molecule has 0 amide bonds. The minimum atomic E-state index is -0.283. The largest absolute Gasteiger partial charge is 0.491 e. The van der Waals surface area contributed by atoms with Crippen LogP contribution < -0.4 is 10.1 Å². The molecular weight excluding hydrogens is 454 g/mol. The van der Waals surface area contributed by atoms with E-state index in [0.29, 0.717) is 26.4 Å². The molecular formula is C30H33NO5. The van der Waals surface area contributed by atoms with Crippen LogP contribution in [0.5, 0.6) is 5.75 Å². The maximum absolute atomic E-state index is 11.6. The SMILES string of the molecule is CCOCCOc1cc(C)c(-c2cccc(CNc3ccc4c(CC(=O)OC)coc4c3)c2)c(C)c1. The molecule has 0 aliphatic heterocycles. The van der Waals surface area contributed by atoms with Gasteiger partial charge in [-0.1, -0.05) is 18.2 Å². The zero-order valence-corrected chi connectivity index (χ0v) is 21.4. The molecule has 36 heavy (non-hydrogen) atoms. The number of fused-ring (bicyclic) bond motifs is 1. The molecule has 0 unspecified atom stereocenters. The summed E-state index contributed by atoms with van der Waals surface area (Å²) in [6.07, 6.45) is 1.82. The van der Waals surface area contributed by atoms with Gasteiger partial charge in [0.1, 0.15) is 17.9 Å². The minimum absolute atomic E-state index is 0.197. The van der Waals surface area contributed by atoms with Crippen molar-refractivity contribution in [1.82, 2.24) is 0 Å². The van der Waals surface area contributed by atoms with Gasteiger partial charge in [0.25, 0.3) is 0 Å². The second-order valence-corrected chi connectivity index (χ2v) is 8.76. The van der Waals surface area contributed by atoms with E-state index >= 15 is 0 Å². The second-order valence-electron chi connectivity index (χ2n) is 8.76. The molecule has 0 aliphatic carbocycles. The maximum atomic E-state index is 11.6. The lowest BCUT2D eigenvalue weighted by molar-refractivity contribution is -0.139. The summed E-state index contributed by atoms with van der Waals surface area (Å²) in [5.41, 5.74) is 8.45. The zero-order chi connectivity index (χ0) is 25.5. The van der Waals surface area contributed by atoms with Crippen molar-refractivity contribution in [2.45, 2.75) is 33.7 Å². The Kier molecular flexibility index (Phi) is 8.28. The predicted molar refractivity (Wildman–Crippen MR) is 143 cm³/mol. The fourth-order valence-electron chi connectivity index (χ4n) is 4.42. The molecule has 188 valence electrons. The molecule has 4 aromatic rings. The lowest BCUT2D eigenvalue weighted by Gasteiger charge is -2.15. The molecule has 0 saturated heterocycles. The van der Waals surface area contributed by atoms with Crippen LogP contribution in [0.3, 0.4) is 0 Å². The van der Waals surface area contributed by atoms with E-state index in [1.165, 1.54) is 34.9 Å². The molecule has 0 fully saturated rings. The third-order valence-electron chi connectivity index (χ3n) is 6.14. The highest BCUT2D eigenvalue weighted by atomic mass is 16.5. The number of methoxy groups -OCH3 is 1. The number of nitrogens with one attached hydrogen (secondary N) is 1. The van der Waals surface area contributed by atoms with E-state index in [9.17, 15) is 4.79 Å². The van der Waals surface area contributed by atoms with Crippen LogP contribution in [0.15, 0.2) is 65.3 Å². The monoisotopic (exact) mass is 487 g/mol. The highest BCUT2D eigenvalue weighted by Crippen LogP contribution is 2.32. The van der Waals surface area contributed by atoms with Gasteiger partial charge in [0.2, 0.25) is 0 Å². The van der Waals surface area contributed by atoms with Crippen LogP contribution in [-0.2, 0) is 27.2 Å². The normalized spacial score (nSPS) is 11.0. The summed E-state index contributed by atoms with van der Waals surface area (Å²) in [5, 5.41) is 4.40. The third kappa shape index (κ3) is 6.07. The standard InChI is InChI=1S/C30H33NO5/c1-5-34-11-12-35-26-13-20(2)30(21(3)14-26)23-8-6-7-22(15-23)18-31-25-9-10-27-24(16-29(32)33-4)19-36-28(27)17-25/h6-10,13-15,17,19,31H,5,11-12,16,18H2,1-4H3. The van der Waals surface area contributed by atoms with E-state index in [1.54, 1.807) is 6.26 Å². The van der Waals surface area contributed by atoms with Crippen LogP contribution in [0.1, 0.15) is 29.2 Å². The summed E-state index contributed by atoms with van der Waals surface area (Å²) in [7, 11) is 1.39. The first-order valence-corrected chi connectivity index (χ1v) is 12.2. The van der Waals surface area contributed by atoms with Crippen molar-refractivity contribution in [1.29, 1.82) is 0 Å². The molecule has 1 N–H and O–H groups in total. The average molecular weight is 488 g/mol. The Morgan fingerprint density at radius 3 is 2.56 bits per heavy atom. The van der Waals surface area contributed by atoms with Gasteiger partial charge in [-0.05, 0) is 78.9 Å². The van der Waals surface area contributed by atoms with E-state index in [2.05, 4.69) is 55.6 Å². The van der Waals surface area contributed by atoms with Gasteiger partial charge in [-0.25, -0.2) is 0 Å². The van der Waals surface area contributed by atoms with Gasteiger partial charge in [0.15, 0.2) is 0 Å². The smallest absolute Gasteiger partial charge is 0.310 e. The van der Waals surface area contributed by atoms with E-state index in [0.717, 1.165) is 28.0 Å². The number of esters is 1. The molecule has 0 bridgehead atoms. The van der Waals surface area contributed by atoms with Gasteiger partial charge in [0.05, 0.1) is 26.4 Å². The van der Waals surface area contributed by atoms with Crippen molar-refractivity contribution < 1.29 is 23.4 Å². The van der Waals surface area contributed by atoms with Gasteiger partial charge < -0.3 is 23.9 Å². The molecule has 0 aliphatic rings. The third-order valence-corrected chi connectivity index (χ3v) is 6.14. The van der Waals surface area contributed by atoms with Gasteiger partial charge in [0, 0.05) is 35.9 Å². The number of carbonyl (C=O) groups excluding carboxylic acids is 1. The summed E-state index contributed by atoms with van der Waals surface area (Å²) in [4.78, 5) is 11.6. The van der Waals surface area contributed by atoms with Gasteiger partial charge >= 0.3 is 5.97 Å². The molecule has 0 spiro atoms. The van der Waals surface area contributed by atoms with Crippen LogP contribution in [0.2, 0.25) is 0 Å². The van der Waals surface area contributed by atoms with Crippen LogP contribution >= 0.6 is 0 Å². The highest BCUT2D eigenvalue weighted by molar-refractivity contribution is 5.87. The predicted octanol–water partition coefficient (Wildman–Crippen LogP) is 6.46. The summed E-state index contributed by atoms with van der Waals surface area (Å²) in [6.45, 7) is 8.73.